The van der Waals surface area contributed by atoms with Crippen molar-refractivity contribution in [1.29, 1.82) is 0 Å². The second kappa shape index (κ2) is 10.5. The molecule has 1 aliphatic rings. The van der Waals surface area contributed by atoms with Crippen LogP contribution in [0.5, 0.6) is 0 Å². The molecule has 1 saturated heterocycles. The Morgan fingerprint density at radius 2 is 1.91 bits per heavy atom. The van der Waals surface area contributed by atoms with E-state index in [-0.39, 0.29) is 44.1 Å². The number of amides is 1. The third-order valence-corrected chi connectivity index (χ3v) is 5.45. The van der Waals surface area contributed by atoms with Crippen LogP contribution in [0.25, 0.3) is 17.0 Å². The number of rotatable bonds is 5. The van der Waals surface area contributed by atoms with Gasteiger partial charge in [0.2, 0.25) is 5.95 Å². The first-order valence-corrected chi connectivity index (χ1v) is 9.95. The van der Waals surface area contributed by atoms with Gasteiger partial charge in [-0.05, 0) is 12.1 Å². The minimum Gasteiger partial charge on any atom is -0.696 e. The van der Waals surface area contributed by atoms with Crippen molar-refractivity contribution in [3.05, 3.63) is 71.4 Å². The summed E-state index contributed by atoms with van der Waals surface area (Å²) in [7, 11) is 1.47. The third kappa shape index (κ3) is 5.00. The van der Waals surface area contributed by atoms with Crippen molar-refractivity contribution in [2.24, 2.45) is 0 Å². The fourth-order valence-electron chi connectivity index (χ4n) is 3.72. The molecule has 1 amide bonds. The van der Waals surface area contributed by atoms with E-state index in [4.69, 9.17) is 5.73 Å². The number of aromatic nitrogens is 2. The zero-order valence-electron chi connectivity index (χ0n) is 17.6. The van der Waals surface area contributed by atoms with Crippen molar-refractivity contribution in [1.82, 2.24) is 20.2 Å². The van der Waals surface area contributed by atoms with E-state index in [0.29, 0.717) is 55.2 Å². The first kappa shape index (κ1) is 24.3. The number of anilines is 1. The molecule has 0 spiro atoms. The molecule has 7 nitrogen and oxygen atoms in total. The summed E-state index contributed by atoms with van der Waals surface area (Å²) < 4.78 is 29.2. The van der Waals surface area contributed by atoms with Crippen LogP contribution in [-0.2, 0) is 39.3 Å². The largest absolute Gasteiger partial charge is 0.696 e. The topological polar surface area (TPSA) is 86.4 Å². The Hall–Kier alpha value is -2.36. The van der Waals surface area contributed by atoms with Gasteiger partial charge < -0.3 is 20.9 Å². The van der Waals surface area contributed by atoms with Crippen molar-refractivity contribution in [3.63, 3.8) is 0 Å². The van der Waals surface area contributed by atoms with Gasteiger partial charge in [-0.25, -0.2) is 9.37 Å². The van der Waals surface area contributed by atoms with Crippen molar-refractivity contribution >= 4 is 17.3 Å². The second-order valence-corrected chi connectivity index (χ2v) is 7.33. The molecule has 1 aromatic carbocycles. The third-order valence-electron chi connectivity index (χ3n) is 5.45. The van der Waals surface area contributed by atoms with E-state index in [1.54, 1.807) is 36.5 Å². The average molecular weight is 513 g/mol. The summed E-state index contributed by atoms with van der Waals surface area (Å²) in [6, 6.07) is 9.99. The van der Waals surface area contributed by atoms with Gasteiger partial charge in [0.15, 0.2) is 0 Å². The Labute approximate surface area is 210 Å². The maximum atomic E-state index is 14.8. The van der Waals surface area contributed by atoms with E-state index in [1.807, 2.05) is 4.90 Å². The minimum atomic E-state index is -0.684. The van der Waals surface area contributed by atoms with Gasteiger partial charge in [0, 0.05) is 78.0 Å². The number of nitrogens with one attached hydrogen (secondary N) is 2. The Balaban J connectivity index is 0.00000289. The number of piperazine rings is 1. The number of pyridine rings is 1. The summed E-state index contributed by atoms with van der Waals surface area (Å²) in [6.07, 6.45) is 1.62. The number of halogens is 2. The zero-order chi connectivity index (χ0) is 22.0. The first-order valence-electron chi connectivity index (χ1n) is 9.95. The van der Waals surface area contributed by atoms with Crippen LogP contribution < -0.4 is 15.2 Å². The molecular formula is C22H22F2N6OY-2. The molecule has 0 saturated carbocycles. The van der Waals surface area contributed by atoms with Gasteiger partial charge in [-0.2, -0.15) is 10.6 Å². The Morgan fingerprint density at radius 3 is 2.53 bits per heavy atom. The number of nitrogens with zero attached hydrogens (tertiary/aromatic N) is 4. The van der Waals surface area contributed by atoms with E-state index < -0.39 is 17.7 Å². The summed E-state index contributed by atoms with van der Waals surface area (Å²) in [5, 5.41) is 2.42. The molecule has 32 heavy (non-hydrogen) atoms. The molecule has 0 atom stereocenters. The summed E-state index contributed by atoms with van der Waals surface area (Å²) in [6.45, 7) is 2.67. The van der Waals surface area contributed by atoms with E-state index in [2.05, 4.69) is 20.2 Å². The molecule has 2 aromatic heterocycles. The minimum absolute atomic E-state index is 0. The van der Waals surface area contributed by atoms with Gasteiger partial charge in [-0.15, -0.1) is 5.69 Å². The van der Waals surface area contributed by atoms with Crippen molar-refractivity contribution < 1.29 is 46.3 Å². The Bertz CT molecular complexity index is 1080. The van der Waals surface area contributed by atoms with Crippen LogP contribution in [0.3, 0.4) is 0 Å². The van der Waals surface area contributed by atoms with Gasteiger partial charge in [0.25, 0.3) is 5.91 Å². The predicted octanol–water partition coefficient (Wildman–Crippen LogP) is 3.35. The standard InChI is InChI=1S/C22H23F2N6O.Y/c1-26-22(31)17-6-7-18(21(24)28-17)30-11-9-29(10-12-30)13-14-4-5-15(20(25)19(14)23)16-3-2-8-27-16;/h2-8H,9-13H2,1H3,(H3-,25,26,27,28,31);/q-1;/p-1. The molecule has 2 N–H and O–H groups in total. The summed E-state index contributed by atoms with van der Waals surface area (Å²) >= 11 is 0. The molecular weight excluding hydrogens is 491 g/mol. The van der Waals surface area contributed by atoms with E-state index in [9.17, 15) is 13.6 Å². The summed E-state index contributed by atoms with van der Waals surface area (Å²) in [5.41, 5.74) is 9.88. The Morgan fingerprint density at radius 1 is 1.16 bits per heavy atom. The molecule has 1 radical (unpaired) electrons. The Kier molecular flexibility index (Phi) is 7.98. The quantitative estimate of drug-likeness (QED) is 0.529. The molecule has 1 fully saturated rings. The number of carbonyl (C=O) groups is 1. The molecule has 10 heteroatoms. The van der Waals surface area contributed by atoms with Crippen LogP contribution in [0.4, 0.5) is 20.2 Å². The molecule has 0 unspecified atom stereocenters. The van der Waals surface area contributed by atoms with Gasteiger partial charge in [-0.3, -0.25) is 9.69 Å². The van der Waals surface area contributed by atoms with Crippen molar-refractivity contribution in [2.75, 3.05) is 38.1 Å². The van der Waals surface area contributed by atoms with Crippen LogP contribution in [0, 0.1) is 11.8 Å². The molecule has 165 valence electrons. The molecule has 3 heterocycles. The number of benzene rings is 1. The first-order chi connectivity index (χ1) is 15.0. The van der Waals surface area contributed by atoms with E-state index in [1.165, 1.54) is 13.1 Å². The van der Waals surface area contributed by atoms with E-state index >= 15 is 0 Å². The molecule has 3 aromatic rings. The summed E-state index contributed by atoms with van der Waals surface area (Å²) in [5.74, 6) is -1.66. The number of carbonyl (C=O) groups excluding carboxylic acids is 1. The molecule has 0 aliphatic carbocycles. The molecule has 0 bridgehead atoms. The van der Waals surface area contributed by atoms with Crippen molar-refractivity contribution in [3.8, 4) is 11.3 Å². The van der Waals surface area contributed by atoms with Crippen LogP contribution in [0.15, 0.2) is 42.6 Å². The van der Waals surface area contributed by atoms with Gasteiger partial charge in [-0.1, -0.05) is 35.5 Å². The van der Waals surface area contributed by atoms with Crippen molar-refractivity contribution in [2.45, 2.75) is 6.54 Å². The number of hydrogen-bond acceptors (Lipinski definition) is 4. The SMILES string of the molecule is CNC(=O)c1ccc(N2CCN(Cc3ccc(-c4ccc[n-]4)c([NH-])c3F)CC2)c(F)n1.[Y]. The van der Waals surface area contributed by atoms with Gasteiger partial charge >= 0.3 is 0 Å². The molecule has 4 rings (SSSR count). The van der Waals surface area contributed by atoms with Crippen LogP contribution in [0.2, 0.25) is 0 Å². The van der Waals surface area contributed by atoms with Crippen LogP contribution in [-0.4, -0.2) is 49.0 Å². The fraction of sp³-hybridized carbons (Fsp3) is 0.273. The maximum absolute atomic E-state index is 14.8. The number of hydrogen-bond donors (Lipinski definition) is 1. The normalized spacial score (nSPS) is 14.2. The second-order valence-electron chi connectivity index (χ2n) is 7.33. The molecule has 1 aliphatic heterocycles. The smallest absolute Gasteiger partial charge is 0.269 e. The zero-order valence-corrected chi connectivity index (χ0v) is 20.4. The van der Waals surface area contributed by atoms with Gasteiger partial charge in [0.1, 0.15) is 11.5 Å². The van der Waals surface area contributed by atoms with E-state index in [0.717, 1.165) is 0 Å². The summed E-state index contributed by atoms with van der Waals surface area (Å²) in [4.78, 5) is 23.4. The van der Waals surface area contributed by atoms with Gasteiger partial charge in [0.05, 0.1) is 5.69 Å². The predicted molar refractivity (Wildman–Crippen MR) is 114 cm³/mol. The van der Waals surface area contributed by atoms with Crippen LogP contribution >= 0.6 is 0 Å². The van der Waals surface area contributed by atoms with Crippen LogP contribution in [0.1, 0.15) is 16.1 Å². The maximum Gasteiger partial charge on any atom is 0.269 e. The average Bonchev–Trinajstić information content (AvgIpc) is 3.32. The fourth-order valence-corrected chi connectivity index (χ4v) is 3.72. The monoisotopic (exact) mass is 513 g/mol.